The molecule has 0 bridgehead atoms. The zero-order valence-electron chi connectivity index (χ0n) is 17.1. The summed E-state index contributed by atoms with van der Waals surface area (Å²) in [7, 11) is 0. The predicted octanol–water partition coefficient (Wildman–Crippen LogP) is 1.75. The Bertz CT molecular complexity index is 873. The van der Waals surface area contributed by atoms with Gasteiger partial charge >= 0.3 is 0 Å². The number of unbranched alkanes of at least 4 members (excludes halogenated alkanes) is 1. The normalized spacial score (nSPS) is 14.2. The van der Waals surface area contributed by atoms with Crippen LogP contribution in [0.2, 0.25) is 0 Å². The Hall–Kier alpha value is -2.26. The van der Waals surface area contributed by atoms with Gasteiger partial charge in [-0.15, -0.1) is 11.3 Å². The summed E-state index contributed by atoms with van der Waals surface area (Å²) in [5.74, 6) is 0.547. The summed E-state index contributed by atoms with van der Waals surface area (Å²) in [6.07, 6.45) is 3.54. The Balaban J connectivity index is 1.40. The molecule has 9 heteroatoms. The van der Waals surface area contributed by atoms with Gasteiger partial charge in [-0.05, 0) is 39.5 Å². The molecule has 1 aliphatic rings. The molecule has 0 unspecified atom stereocenters. The Morgan fingerprint density at radius 1 is 1.24 bits per heavy atom. The van der Waals surface area contributed by atoms with Gasteiger partial charge < -0.3 is 15.0 Å². The number of hydrogen-bond donors (Lipinski definition) is 2. The van der Waals surface area contributed by atoms with Crippen LogP contribution in [0.15, 0.2) is 10.2 Å². The lowest BCUT2D eigenvalue weighted by Crippen LogP contribution is -2.38. The van der Waals surface area contributed by atoms with Gasteiger partial charge in [0.2, 0.25) is 11.9 Å². The number of H-pyrrole nitrogens is 1. The molecule has 8 nitrogen and oxygen atoms in total. The number of ether oxygens (including phenoxy) is 1. The number of carbonyl (C=O) groups is 1. The highest BCUT2D eigenvalue weighted by molar-refractivity contribution is 7.09. The van der Waals surface area contributed by atoms with E-state index in [1.54, 1.807) is 11.3 Å². The maximum atomic E-state index is 12.5. The number of amides is 1. The summed E-state index contributed by atoms with van der Waals surface area (Å²) in [5, 5.41) is 6.14. The molecule has 1 fully saturated rings. The van der Waals surface area contributed by atoms with Crippen LogP contribution in [0, 0.1) is 13.8 Å². The van der Waals surface area contributed by atoms with E-state index in [0.717, 1.165) is 30.0 Å². The standard InChI is InChI=1S/C20H29N5O3S/c1-14-13-29-18(22-14)5-3-4-8-21-17(26)7-6-16-15(2)23-20(24-19(16)27)25-9-11-28-12-10-25/h13H,3-12H2,1-2H3,(H,21,26)(H,23,24,27). The van der Waals surface area contributed by atoms with Crippen molar-refractivity contribution < 1.29 is 9.53 Å². The molecule has 0 aliphatic carbocycles. The smallest absolute Gasteiger partial charge is 0.255 e. The summed E-state index contributed by atoms with van der Waals surface area (Å²) in [5.41, 5.74) is 2.17. The van der Waals surface area contributed by atoms with Crippen molar-refractivity contribution in [2.45, 2.75) is 46.0 Å². The maximum absolute atomic E-state index is 12.5. The highest BCUT2D eigenvalue weighted by Crippen LogP contribution is 2.12. The van der Waals surface area contributed by atoms with Crippen LogP contribution in [-0.2, 0) is 22.4 Å². The monoisotopic (exact) mass is 419 g/mol. The van der Waals surface area contributed by atoms with E-state index in [1.165, 1.54) is 0 Å². The second-order valence-corrected chi connectivity index (χ2v) is 8.19. The van der Waals surface area contributed by atoms with Crippen LogP contribution < -0.4 is 15.8 Å². The lowest BCUT2D eigenvalue weighted by atomic mass is 10.1. The topological polar surface area (TPSA) is 100 Å². The molecule has 1 saturated heterocycles. The van der Waals surface area contributed by atoms with Gasteiger partial charge in [-0.1, -0.05) is 0 Å². The third-order valence-electron chi connectivity index (χ3n) is 4.93. The third kappa shape index (κ3) is 6.37. The minimum atomic E-state index is -0.162. The van der Waals surface area contributed by atoms with Crippen molar-refractivity contribution in [3.8, 4) is 0 Å². The van der Waals surface area contributed by atoms with E-state index in [1.807, 2.05) is 18.7 Å². The molecule has 0 aromatic carbocycles. The number of carbonyl (C=O) groups excluding carboxylic acids is 1. The summed E-state index contributed by atoms with van der Waals surface area (Å²) in [6, 6.07) is 0. The lowest BCUT2D eigenvalue weighted by Gasteiger charge is -2.27. The quantitative estimate of drug-likeness (QED) is 0.601. The van der Waals surface area contributed by atoms with Crippen molar-refractivity contribution in [1.29, 1.82) is 0 Å². The van der Waals surface area contributed by atoms with Crippen molar-refractivity contribution in [2.75, 3.05) is 37.7 Å². The minimum Gasteiger partial charge on any atom is -0.378 e. The molecule has 158 valence electrons. The first-order chi connectivity index (χ1) is 14.0. The molecule has 29 heavy (non-hydrogen) atoms. The number of aromatic amines is 1. The second-order valence-electron chi connectivity index (χ2n) is 7.24. The van der Waals surface area contributed by atoms with Crippen LogP contribution >= 0.6 is 11.3 Å². The number of morpholine rings is 1. The first kappa shape index (κ1) is 21.4. The molecular weight excluding hydrogens is 390 g/mol. The van der Waals surface area contributed by atoms with Crippen molar-refractivity contribution in [2.24, 2.45) is 0 Å². The van der Waals surface area contributed by atoms with E-state index in [0.29, 0.717) is 56.5 Å². The zero-order chi connectivity index (χ0) is 20.6. The molecule has 0 radical (unpaired) electrons. The van der Waals surface area contributed by atoms with Crippen LogP contribution in [0.5, 0.6) is 0 Å². The number of rotatable bonds is 9. The molecule has 2 aromatic heterocycles. The molecule has 3 rings (SSSR count). The maximum Gasteiger partial charge on any atom is 0.255 e. The molecule has 3 heterocycles. The molecular formula is C20H29N5O3S. The van der Waals surface area contributed by atoms with Gasteiger partial charge in [-0.3, -0.25) is 14.6 Å². The third-order valence-corrected chi connectivity index (χ3v) is 5.96. The fraction of sp³-hybridized carbons (Fsp3) is 0.600. The van der Waals surface area contributed by atoms with Crippen molar-refractivity contribution in [3.05, 3.63) is 37.7 Å². The van der Waals surface area contributed by atoms with Crippen LogP contribution in [0.25, 0.3) is 0 Å². The second kappa shape index (κ2) is 10.5. The molecule has 2 aromatic rings. The van der Waals surface area contributed by atoms with Gasteiger partial charge in [0, 0.05) is 48.4 Å². The van der Waals surface area contributed by atoms with E-state index in [-0.39, 0.29) is 17.9 Å². The molecule has 1 amide bonds. The number of anilines is 1. The average Bonchev–Trinajstić information content (AvgIpc) is 3.12. The number of aryl methyl sites for hydroxylation is 3. The number of hydrogen-bond acceptors (Lipinski definition) is 7. The first-order valence-corrected chi connectivity index (χ1v) is 11.0. The van der Waals surface area contributed by atoms with Gasteiger partial charge in [0.05, 0.1) is 18.2 Å². The number of nitrogens with one attached hydrogen (secondary N) is 2. The summed E-state index contributed by atoms with van der Waals surface area (Å²) in [4.78, 5) is 38.4. The minimum absolute atomic E-state index is 0.0360. The zero-order valence-corrected chi connectivity index (χ0v) is 17.9. The Morgan fingerprint density at radius 2 is 2.03 bits per heavy atom. The lowest BCUT2D eigenvalue weighted by molar-refractivity contribution is -0.121. The predicted molar refractivity (Wildman–Crippen MR) is 114 cm³/mol. The van der Waals surface area contributed by atoms with E-state index in [2.05, 4.69) is 25.6 Å². The summed E-state index contributed by atoms with van der Waals surface area (Å²) >= 11 is 1.69. The Kier molecular flexibility index (Phi) is 7.76. The SMILES string of the molecule is Cc1csc(CCCCNC(=O)CCc2c(C)nc(N3CCOCC3)[nH]c2=O)n1. The molecule has 2 N–H and O–H groups in total. The molecule has 1 aliphatic heterocycles. The van der Waals surface area contributed by atoms with Gasteiger partial charge in [-0.25, -0.2) is 9.97 Å². The summed E-state index contributed by atoms with van der Waals surface area (Å²) < 4.78 is 5.33. The fourth-order valence-electron chi connectivity index (χ4n) is 3.29. The van der Waals surface area contributed by atoms with Gasteiger partial charge in [0.25, 0.3) is 5.56 Å². The molecule has 0 spiro atoms. The number of aromatic nitrogens is 3. The van der Waals surface area contributed by atoms with E-state index in [9.17, 15) is 9.59 Å². The summed E-state index contributed by atoms with van der Waals surface area (Å²) in [6.45, 7) is 7.17. The highest BCUT2D eigenvalue weighted by atomic mass is 32.1. The van der Waals surface area contributed by atoms with Gasteiger partial charge in [0.15, 0.2) is 0 Å². The van der Waals surface area contributed by atoms with Gasteiger partial charge in [-0.2, -0.15) is 0 Å². The van der Waals surface area contributed by atoms with Crippen LogP contribution in [0.3, 0.4) is 0 Å². The van der Waals surface area contributed by atoms with E-state index in [4.69, 9.17) is 4.74 Å². The number of nitrogens with zero attached hydrogens (tertiary/aromatic N) is 3. The largest absolute Gasteiger partial charge is 0.378 e. The van der Waals surface area contributed by atoms with Crippen molar-refractivity contribution in [3.63, 3.8) is 0 Å². The fourth-order valence-corrected chi connectivity index (χ4v) is 4.11. The molecule has 0 saturated carbocycles. The Labute approximate surface area is 174 Å². The van der Waals surface area contributed by atoms with E-state index < -0.39 is 0 Å². The first-order valence-electron chi connectivity index (χ1n) is 10.1. The van der Waals surface area contributed by atoms with Crippen LogP contribution in [0.1, 0.15) is 41.2 Å². The van der Waals surface area contributed by atoms with Crippen molar-refractivity contribution in [1.82, 2.24) is 20.3 Å². The van der Waals surface area contributed by atoms with Crippen LogP contribution in [-0.4, -0.2) is 53.7 Å². The number of thiazole rings is 1. The van der Waals surface area contributed by atoms with Crippen molar-refractivity contribution >= 4 is 23.2 Å². The molecule has 0 atom stereocenters. The van der Waals surface area contributed by atoms with E-state index >= 15 is 0 Å². The highest BCUT2D eigenvalue weighted by Gasteiger charge is 2.16. The Morgan fingerprint density at radius 3 is 2.72 bits per heavy atom. The van der Waals surface area contributed by atoms with Crippen LogP contribution in [0.4, 0.5) is 5.95 Å². The van der Waals surface area contributed by atoms with Gasteiger partial charge in [0.1, 0.15) is 0 Å². The average molecular weight is 420 g/mol.